The first kappa shape index (κ1) is 76.0. The highest BCUT2D eigenvalue weighted by Crippen LogP contribution is 2.27. The van der Waals surface area contributed by atoms with Crippen molar-refractivity contribution in [2.45, 2.75) is 76.0 Å². The van der Waals surface area contributed by atoms with Crippen molar-refractivity contribution in [1.82, 2.24) is 56.8 Å². The number of amides is 7. The fourth-order valence-corrected chi connectivity index (χ4v) is 10.9. The molecule has 0 radical (unpaired) electrons. The van der Waals surface area contributed by atoms with E-state index in [9.17, 15) is 63.6 Å². The SMILES string of the molecule is CCNC(=O)NC(N)=NCCC[C@@H](NC(=O)C(c1ccccc1)c1ccc(NCCCNC(=O)[C@@H](CCCN)NC(=O)[C@@H](Cc2ccc(-c3ccccc3)cc2)NC(=O)CN2CCN(CC(=O)O)CCN(CC(=O)O)CCN(CC(=O)O)CC2)cc1)C(=O)NCc1ccc(O)cc1. The Morgan fingerprint density at radius 3 is 1.55 bits per heavy atom. The molecule has 5 aromatic carbocycles. The van der Waals surface area contributed by atoms with Crippen LogP contribution in [0.25, 0.3) is 11.1 Å². The number of aliphatic carboxylic acids is 3. The number of phenolic OH excluding ortho intramolecular Hbond substituents is 1. The predicted molar refractivity (Wildman–Crippen MR) is 367 cm³/mol. The molecule has 6 rings (SSSR count). The van der Waals surface area contributed by atoms with E-state index in [1.807, 2.05) is 109 Å². The number of hydrogen-bond acceptors (Lipinski definition) is 17. The number of rotatable bonds is 35. The maximum atomic E-state index is 14.6. The Balaban J connectivity index is 1.10. The van der Waals surface area contributed by atoms with Crippen LogP contribution in [0.2, 0.25) is 0 Å². The minimum absolute atomic E-state index is 0.0364. The molecule has 1 unspecified atom stereocenters. The number of carboxylic acids is 3. The molecule has 1 aliphatic rings. The molecule has 97 heavy (non-hydrogen) atoms. The summed E-state index contributed by atoms with van der Waals surface area (Å²) in [5.41, 5.74) is 17.2. The number of urea groups is 1. The molecule has 4 atom stereocenters. The average molecular weight is 1340 g/mol. The van der Waals surface area contributed by atoms with E-state index in [0.717, 1.165) is 22.4 Å². The Hall–Kier alpha value is -10.0. The molecule has 0 saturated carbocycles. The van der Waals surface area contributed by atoms with Gasteiger partial charge in [-0.15, -0.1) is 0 Å². The second kappa shape index (κ2) is 41.1. The van der Waals surface area contributed by atoms with E-state index in [2.05, 4.69) is 47.5 Å². The zero-order chi connectivity index (χ0) is 69.9. The quantitative estimate of drug-likeness (QED) is 0.0156. The van der Waals surface area contributed by atoms with Gasteiger partial charge in [0.2, 0.25) is 29.5 Å². The van der Waals surface area contributed by atoms with Crippen LogP contribution in [0.15, 0.2) is 138 Å². The fraction of sp³-hybridized carbons (Fsp3) is 0.420. The largest absolute Gasteiger partial charge is 0.508 e. The maximum absolute atomic E-state index is 14.6. The van der Waals surface area contributed by atoms with E-state index >= 15 is 0 Å². The highest BCUT2D eigenvalue weighted by molar-refractivity contribution is 5.96. The van der Waals surface area contributed by atoms with Crippen LogP contribution < -0.4 is 54.0 Å². The lowest BCUT2D eigenvalue weighted by atomic mass is 9.90. The van der Waals surface area contributed by atoms with Crippen LogP contribution in [-0.2, 0) is 51.3 Å². The Morgan fingerprint density at radius 1 is 0.505 bits per heavy atom. The third-order valence-corrected chi connectivity index (χ3v) is 16.0. The van der Waals surface area contributed by atoms with Gasteiger partial charge in [-0.05, 0) is 103 Å². The molecule has 1 fully saturated rings. The topological polar surface area (TPSA) is 408 Å². The Kier molecular flexibility index (Phi) is 32.2. The van der Waals surface area contributed by atoms with E-state index < -0.39 is 77.5 Å². The zero-order valence-corrected chi connectivity index (χ0v) is 54.8. The highest BCUT2D eigenvalue weighted by atomic mass is 16.4. The van der Waals surface area contributed by atoms with Crippen LogP contribution in [0.5, 0.6) is 5.75 Å². The second-order valence-electron chi connectivity index (χ2n) is 23.5. The van der Waals surface area contributed by atoms with E-state index in [0.29, 0.717) is 49.0 Å². The molecule has 0 bridgehead atoms. The third-order valence-electron chi connectivity index (χ3n) is 16.0. The van der Waals surface area contributed by atoms with Crippen molar-refractivity contribution in [2.75, 3.05) is 117 Å². The van der Waals surface area contributed by atoms with E-state index in [1.54, 1.807) is 38.7 Å². The summed E-state index contributed by atoms with van der Waals surface area (Å²) in [5, 5.41) is 61.8. The van der Waals surface area contributed by atoms with Crippen LogP contribution in [0.1, 0.15) is 67.2 Å². The van der Waals surface area contributed by atoms with Gasteiger partial charge in [0.05, 0.1) is 32.1 Å². The van der Waals surface area contributed by atoms with Gasteiger partial charge in [0, 0.05) is 97.2 Å². The first-order valence-corrected chi connectivity index (χ1v) is 32.6. The maximum Gasteiger partial charge on any atom is 0.321 e. The summed E-state index contributed by atoms with van der Waals surface area (Å²) in [6.45, 7) is 3.49. The number of nitrogens with two attached hydrogens (primary N) is 2. The summed E-state index contributed by atoms with van der Waals surface area (Å²) in [5.74, 6) is -6.63. The third kappa shape index (κ3) is 28.1. The molecule has 1 saturated heterocycles. The van der Waals surface area contributed by atoms with Gasteiger partial charge in [0.25, 0.3) is 0 Å². The number of nitrogens with one attached hydrogen (secondary N) is 8. The summed E-state index contributed by atoms with van der Waals surface area (Å²) in [6, 6.07) is 36.3. The van der Waals surface area contributed by atoms with Crippen LogP contribution in [0.4, 0.5) is 10.5 Å². The number of carboxylic acid groups (broad SMARTS) is 3. The molecule has 0 aromatic heterocycles. The van der Waals surface area contributed by atoms with E-state index in [4.69, 9.17) is 11.5 Å². The molecule has 1 heterocycles. The lowest BCUT2D eigenvalue weighted by Gasteiger charge is -2.33. The number of aromatic hydroxyl groups is 1. The molecule has 0 spiro atoms. The van der Waals surface area contributed by atoms with Crippen LogP contribution in [0, 0.1) is 0 Å². The van der Waals surface area contributed by atoms with E-state index in [1.165, 1.54) is 12.1 Å². The van der Waals surface area contributed by atoms with Gasteiger partial charge < -0.3 is 69.1 Å². The number of phenols is 1. The van der Waals surface area contributed by atoms with Gasteiger partial charge in [0.1, 0.15) is 23.9 Å². The lowest BCUT2D eigenvalue weighted by Crippen LogP contribution is -2.56. The molecule has 1 aliphatic heterocycles. The van der Waals surface area contributed by atoms with Crippen molar-refractivity contribution < 1.29 is 63.6 Å². The second-order valence-corrected chi connectivity index (χ2v) is 23.5. The normalized spacial score (nSPS) is 14.9. The van der Waals surface area contributed by atoms with Gasteiger partial charge in [0.15, 0.2) is 5.96 Å². The Labute approximate surface area is 565 Å². The molecule has 5 aromatic rings. The predicted octanol–water partition coefficient (Wildman–Crippen LogP) is 1.75. The standard InChI is InChI=1S/C69H93N15O13/c1-2-72-69(97)80-68(71)75-31-10-17-57(65(94)76-43-49-20-28-55(85)29-21-49)79-67(96)63(52-14-7-4-8-15-52)53-24-26-54(27-25-53)73-32-11-33-74-64(93)56(16-9-30-70)78-66(95)58(42-48-18-22-51(23-19-48)50-12-5-3-6-13-50)77-59(86)44-81-34-36-82(45-60(87)88)38-40-84(47-62(91)92)41-39-83(37-35-81)46-61(89)90/h3-8,12-15,18-29,56-58,63,73,85H,2,9-11,16-17,30-47,70H2,1H3,(H,74,93)(H,76,94)(H,77,86)(H,78,95)(H,79,96)(H,87,88)(H,89,90)(H,91,92)(H4,71,72,75,80,97)/t56-,57-,58-,63?/m1/s1. The van der Waals surface area contributed by atoms with Gasteiger partial charge in [-0.25, -0.2) is 4.79 Å². The Morgan fingerprint density at radius 2 is 1.00 bits per heavy atom. The molecule has 28 nitrogen and oxygen atoms in total. The zero-order valence-electron chi connectivity index (χ0n) is 54.8. The van der Waals surface area contributed by atoms with E-state index in [-0.39, 0.29) is 136 Å². The minimum atomic E-state index is -1.18. The van der Waals surface area contributed by atoms with Gasteiger partial charge in [-0.3, -0.25) is 68.3 Å². The van der Waals surface area contributed by atoms with Crippen molar-refractivity contribution in [2.24, 2.45) is 16.5 Å². The van der Waals surface area contributed by atoms with Crippen LogP contribution in [0.3, 0.4) is 0 Å². The number of guanidine groups is 1. The molecular formula is C69H93N15O13. The summed E-state index contributed by atoms with van der Waals surface area (Å²) in [6.07, 6.45) is 1.56. The highest BCUT2D eigenvalue weighted by Gasteiger charge is 2.31. The fourth-order valence-electron chi connectivity index (χ4n) is 10.9. The van der Waals surface area contributed by atoms with Gasteiger partial charge in [-0.1, -0.05) is 109 Å². The van der Waals surface area contributed by atoms with Crippen molar-refractivity contribution in [3.05, 3.63) is 156 Å². The monoisotopic (exact) mass is 1340 g/mol. The average Bonchev–Trinajstić information content (AvgIpc) is 0.873. The number of benzene rings is 5. The van der Waals surface area contributed by atoms with Crippen molar-refractivity contribution in [1.29, 1.82) is 0 Å². The summed E-state index contributed by atoms with van der Waals surface area (Å²) in [7, 11) is 0. The molecule has 0 aliphatic carbocycles. The molecule has 7 amide bonds. The summed E-state index contributed by atoms with van der Waals surface area (Å²) < 4.78 is 0. The molecule has 28 heteroatoms. The number of carbonyl (C=O) groups is 9. The number of carbonyl (C=O) groups excluding carboxylic acids is 6. The number of hydrogen-bond donors (Lipinski definition) is 14. The van der Waals surface area contributed by atoms with Crippen molar-refractivity contribution in [3.63, 3.8) is 0 Å². The molecular weight excluding hydrogens is 1250 g/mol. The number of aliphatic imine (C=N–C) groups is 1. The van der Waals surface area contributed by atoms with Gasteiger partial charge in [-0.2, -0.15) is 0 Å². The smallest absolute Gasteiger partial charge is 0.321 e. The number of nitrogens with zero attached hydrogens (tertiary/aromatic N) is 5. The number of anilines is 1. The lowest BCUT2D eigenvalue weighted by molar-refractivity contribution is -0.140. The first-order valence-electron chi connectivity index (χ1n) is 32.6. The van der Waals surface area contributed by atoms with Crippen molar-refractivity contribution >= 4 is 65.1 Å². The Bertz CT molecular complexity index is 3320. The minimum Gasteiger partial charge on any atom is -0.508 e. The van der Waals surface area contributed by atoms with Gasteiger partial charge >= 0.3 is 23.9 Å². The summed E-state index contributed by atoms with van der Waals surface area (Å²) >= 11 is 0. The first-order chi connectivity index (χ1) is 46.7. The summed E-state index contributed by atoms with van der Waals surface area (Å²) in [4.78, 5) is 130. The van der Waals surface area contributed by atoms with Crippen molar-refractivity contribution in [3.8, 4) is 16.9 Å². The van der Waals surface area contributed by atoms with Crippen LogP contribution >= 0.6 is 0 Å². The van der Waals surface area contributed by atoms with Crippen LogP contribution in [-0.4, -0.2) is 229 Å². The molecule has 16 N–H and O–H groups in total. The molecule has 522 valence electrons.